The van der Waals surface area contributed by atoms with Crippen molar-refractivity contribution in [1.82, 2.24) is 5.01 Å². The summed E-state index contributed by atoms with van der Waals surface area (Å²) in [7, 11) is 2.99. The van der Waals surface area contributed by atoms with Crippen molar-refractivity contribution < 1.29 is 9.53 Å². The molecule has 0 spiro atoms. The molecule has 0 saturated carbocycles. The number of benzene rings is 1. The van der Waals surface area contributed by atoms with Gasteiger partial charge in [-0.25, -0.2) is 5.84 Å². The molecule has 1 aromatic rings. The number of carbonyl (C=O) groups is 1. The SMILES string of the molecule is COc1ccc(C(=O)N(C)N)c(Cl)c1. The van der Waals surface area contributed by atoms with Crippen molar-refractivity contribution in [3.8, 4) is 5.75 Å². The van der Waals surface area contributed by atoms with Crippen molar-refractivity contribution in [2.75, 3.05) is 14.2 Å². The summed E-state index contributed by atoms with van der Waals surface area (Å²) in [4.78, 5) is 11.4. The van der Waals surface area contributed by atoms with E-state index in [1.165, 1.54) is 14.2 Å². The quantitative estimate of drug-likeness (QED) is 0.459. The maximum Gasteiger partial charge on any atom is 0.269 e. The Morgan fingerprint density at radius 1 is 1.57 bits per heavy atom. The molecule has 0 aliphatic heterocycles. The van der Waals surface area contributed by atoms with Gasteiger partial charge < -0.3 is 4.74 Å². The molecule has 1 amide bonds. The molecular formula is C9H11ClN2O2. The van der Waals surface area contributed by atoms with E-state index < -0.39 is 0 Å². The van der Waals surface area contributed by atoms with Crippen molar-refractivity contribution in [2.24, 2.45) is 5.84 Å². The molecule has 0 unspecified atom stereocenters. The first-order chi connectivity index (χ1) is 6.56. The predicted octanol–water partition coefficient (Wildman–Crippen LogP) is 1.29. The van der Waals surface area contributed by atoms with Crippen LogP contribution in [0.3, 0.4) is 0 Å². The first-order valence-electron chi connectivity index (χ1n) is 3.92. The van der Waals surface area contributed by atoms with Crippen LogP contribution in [0.5, 0.6) is 5.75 Å². The van der Waals surface area contributed by atoms with Crippen LogP contribution in [0.15, 0.2) is 18.2 Å². The van der Waals surface area contributed by atoms with Gasteiger partial charge in [-0.2, -0.15) is 0 Å². The van der Waals surface area contributed by atoms with Gasteiger partial charge in [0.05, 0.1) is 17.7 Å². The molecule has 2 N–H and O–H groups in total. The molecule has 0 aliphatic rings. The second-order valence-electron chi connectivity index (χ2n) is 2.76. The molecule has 0 saturated heterocycles. The van der Waals surface area contributed by atoms with Crippen LogP contribution >= 0.6 is 11.6 Å². The Balaban J connectivity index is 3.06. The molecule has 0 bridgehead atoms. The fourth-order valence-corrected chi connectivity index (χ4v) is 1.24. The summed E-state index contributed by atoms with van der Waals surface area (Å²) in [5.41, 5.74) is 0.359. The van der Waals surface area contributed by atoms with Gasteiger partial charge in [-0.1, -0.05) is 11.6 Å². The second-order valence-corrected chi connectivity index (χ2v) is 3.17. The normalized spacial score (nSPS) is 9.71. The highest BCUT2D eigenvalue weighted by molar-refractivity contribution is 6.33. The summed E-state index contributed by atoms with van der Waals surface area (Å²) >= 11 is 5.86. The predicted molar refractivity (Wildman–Crippen MR) is 54.3 cm³/mol. The first-order valence-corrected chi connectivity index (χ1v) is 4.30. The van der Waals surface area contributed by atoms with Crippen LogP contribution in [0, 0.1) is 0 Å². The van der Waals surface area contributed by atoms with Gasteiger partial charge in [0.1, 0.15) is 5.75 Å². The van der Waals surface area contributed by atoms with Crippen molar-refractivity contribution in [3.05, 3.63) is 28.8 Å². The molecule has 0 atom stereocenters. The van der Waals surface area contributed by atoms with Gasteiger partial charge in [0.25, 0.3) is 5.91 Å². The molecule has 14 heavy (non-hydrogen) atoms. The van der Waals surface area contributed by atoms with Gasteiger partial charge >= 0.3 is 0 Å². The van der Waals surface area contributed by atoms with Gasteiger partial charge in [0, 0.05) is 7.05 Å². The van der Waals surface area contributed by atoms with Crippen LogP contribution in [0.2, 0.25) is 5.02 Å². The highest BCUT2D eigenvalue weighted by Gasteiger charge is 2.12. The van der Waals surface area contributed by atoms with Crippen LogP contribution < -0.4 is 10.6 Å². The molecular weight excluding hydrogens is 204 g/mol. The lowest BCUT2D eigenvalue weighted by molar-refractivity contribution is 0.0795. The summed E-state index contributed by atoms with van der Waals surface area (Å²) in [5.74, 6) is 5.57. The zero-order valence-electron chi connectivity index (χ0n) is 7.95. The fourth-order valence-electron chi connectivity index (χ4n) is 0.986. The number of hydrogen-bond donors (Lipinski definition) is 1. The number of hydrogen-bond acceptors (Lipinski definition) is 3. The highest BCUT2D eigenvalue weighted by Crippen LogP contribution is 2.22. The Kier molecular flexibility index (Phi) is 3.33. The van der Waals surface area contributed by atoms with E-state index in [0.717, 1.165) is 5.01 Å². The number of hydrazine groups is 1. The van der Waals surface area contributed by atoms with Gasteiger partial charge in [-0.3, -0.25) is 9.80 Å². The van der Waals surface area contributed by atoms with E-state index in [2.05, 4.69) is 0 Å². The average molecular weight is 215 g/mol. The number of carbonyl (C=O) groups excluding carboxylic acids is 1. The Morgan fingerprint density at radius 3 is 2.64 bits per heavy atom. The molecule has 0 aromatic heterocycles. The first kappa shape index (κ1) is 10.8. The molecule has 0 heterocycles. The molecule has 0 radical (unpaired) electrons. The average Bonchev–Trinajstić information content (AvgIpc) is 2.16. The molecule has 4 nitrogen and oxygen atoms in total. The second kappa shape index (κ2) is 4.30. The molecule has 0 fully saturated rings. The monoisotopic (exact) mass is 214 g/mol. The summed E-state index contributed by atoms with van der Waals surface area (Å²) in [5, 5.41) is 1.31. The van der Waals surface area contributed by atoms with Gasteiger partial charge in [0.15, 0.2) is 0 Å². The van der Waals surface area contributed by atoms with Gasteiger partial charge in [-0.15, -0.1) is 0 Å². The van der Waals surface area contributed by atoms with Crippen LogP contribution in [0.25, 0.3) is 0 Å². The van der Waals surface area contributed by atoms with Crippen molar-refractivity contribution >= 4 is 17.5 Å². The largest absolute Gasteiger partial charge is 0.497 e. The lowest BCUT2D eigenvalue weighted by atomic mass is 10.2. The molecule has 1 aromatic carbocycles. The third-order valence-corrected chi connectivity index (χ3v) is 2.04. The maximum absolute atomic E-state index is 11.4. The van der Waals surface area contributed by atoms with Crippen LogP contribution in [-0.4, -0.2) is 25.1 Å². The standard InChI is InChI=1S/C9H11ClN2O2/c1-12(11)9(13)7-4-3-6(14-2)5-8(7)10/h3-5H,11H2,1-2H3. The number of amides is 1. The number of halogens is 1. The lowest BCUT2D eigenvalue weighted by Gasteiger charge is -2.11. The zero-order chi connectivity index (χ0) is 10.7. The Bertz CT molecular complexity index is 353. The van der Waals surface area contributed by atoms with E-state index >= 15 is 0 Å². The van der Waals surface area contributed by atoms with Crippen molar-refractivity contribution in [3.63, 3.8) is 0 Å². The van der Waals surface area contributed by atoms with E-state index in [4.69, 9.17) is 22.2 Å². The Hall–Kier alpha value is -1.26. The molecule has 5 heteroatoms. The number of nitrogens with two attached hydrogens (primary N) is 1. The minimum absolute atomic E-state index is 0.326. The Labute approximate surface area is 87.2 Å². The summed E-state index contributed by atoms with van der Waals surface area (Å²) < 4.78 is 4.95. The summed E-state index contributed by atoms with van der Waals surface area (Å²) in [6.07, 6.45) is 0. The van der Waals surface area contributed by atoms with E-state index in [0.29, 0.717) is 16.3 Å². The molecule has 0 aliphatic carbocycles. The minimum atomic E-state index is -0.336. The number of rotatable bonds is 2. The third-order valence-electron chi connectivity index (χ3n) is 1.73. The van der Waals surface area contributed by atoms with E-state index in [-0.39, 0.29) is 5.91 Å². The third kappa shape index (κ3) is 2.16. The van der Waals surface area contributed by atoms with Gasteiger partial charge in [-0.05, 0) is 18.2 Å². The van der Waals surface area contributed by atoms with Crippen LogP contribution in [0.4, 0.5) is 0 Å². The van der Waals surface area contributed by atoms with Crippen LogP contribution in [0.1, 0.15) is 10.4 Å². The highest BCUT2D eigenvalue weighted by atomic mass is 35.5. The smallest absolute Gasteiger partial charge is 0.269 e. The summed E-state index contributed by atoms with van der Waals surface area (Å²) in [6, 6.07) is 4.80. The summed E-state index contributed by atoms with van der Waals surface area (Å²) in [6.45, 7) is 0. The fraction of sp³-hybridized carbons (Fsp3) is 0.222. The number of methoxy groups -OCH3 is 1. The maximum atomic E-state index is 11.4. The van der Waals surface area contributed by atoms with Crippen molar-refractivity contribution in [2.45, 2.75) is 0 Å². The number of ether oxygens (including phenoxy) is 1. The molecule has 76 valence electrons. The lowest BCUT2D eigenvalue weighted by Crippen LogP contribution is -2.33. The van der Waals surface area contributed by atoms with Crippen LogP contribution in [-0.2, 0) is 0 Å². The van der Waals surface area contributed by atoms with Crippen molar-refractivity contribution in [1.29, 1.82) is 0 Å². The van der Waals surface area contributed by atoms with Gasteiger partial charge in [0.2, 0.25) is 0 Å². The number of nitrogens with zero attached hydrogens (tertiary/aromatic N) is 1. The minimum Gasteiger partial charge on any atom is -0.497 e. The zero-order valence-corrected chi connectivity index (χ0v) is 8.71. The molecule has 1 rings (SSSR count). The van der Waals surface area contributed by atoms with E-state index in [1.54, 1.807) is 18.2 Å². The van der Waals surface area contributed by atoms with E-state index in [1.807, 2.05) is 0 Å². The topological polar surface area (TPSA) is 55.6 Å². The van der Waals surface area contributed by atoms with E-state index in [9.17, 15) is 4.79 Å². The Morgan fingerprint density at radius 2 is 2.21 bits per heavy atom.